The molecule has 1 fully saturated rings. The van der Waals surface area contributed by atoms with Crippen LogP contribution in [0.4, 0.5) is 14.9 Å². The number of carbonyl (C=O) groups excluding carboxylic acids is 3. The summed E-state index contributed by atoms with van der Waals surface area (Å²) in [5, 5.41) is 13.8. The van der Waals surface area contributed by atoms with Crippen LogP contribution in [0.15, 0.2) is 18.2 Å². The molecule has 0 aliphatic carbocycles. The first-order valence-corrected chi connectivity index (χ1v) is 11.5. The van der Waals surface area contributed by atoms with Crippen molar-refractivity contribution in [3.63, 3.8) is 0 Å². The number of nitrogens with one attached hydrogen (secondary N) is 1. The zero-order valence-corrected chi connectivity index (χ0v) is 21.1. The summed E-state index contributed by atoms with van der Waals surface area (Å²) in [4.78, 5) is 39.2. The number of methoxy groups -OCH3 is 1. The molecular weight excluding hydrogens is 443 g/mol. The van der Waals surface area contributed by atoms with Crippen LogP contribution in [0.2, 0.25) is 0 Å². The van der Waals surface area contributed by atoms with Crippen LogP contribution >= 0.6 is 0 Å². The van der Waals surface area contributed by atoms with Crippen LogP contribution in [0.5, 0.6) is 0 Å². The predicted molar refractivity (Wildman–Crippen MR) is 125 cm³/mol. The second-order valence-electron chi connectivity index (χ2n) is 10.7. The first-order chi connectivity index (χ1) is 15.7. The molecule has 2 rings (SSSR count). The molecule has 1 heterocycles. The standard InChI is InChI=1S/C25H37FN2O6/c1-24(2,3)22(31)27-19-16(9-8-10-17(19)26)20(29)18(21(30)33-7)15-11-13-28(14-12-15)23(32)34-25(4,5)6/h8-10,15,18,20,29H,11-14H2,1-7H3,(H,27,31)/t18-,20-/m0/s1. The van der Waals surface area contributed by atoms with Crippen LogP contribution in [-0.2, 0) is 19.1 Å². The van der Waals surface area contributed by atoms with E-state index in [0.29, 0.717) is 25.9 Å². The largest absolute Gasteiger partial charge is 0.469 e. The van der Waals surface area contributed by atoms with Gasteiger partial charge in [-0.25, -0.2) is 9.18 Å². The van der Waals surface area contributed by atoms with Gasteiger partial charge in [-0.1, -0.05) is 32.9 Å². The molecule has 1 aliphatic rings. The summed E-state index contributed by atoms with van der Waals surface area (Å²) < 4.78 is 25.1. The highest BCUT2D eigenvalue weighted by Crippen LogP contribution is 2.39. The number of aliphatic hydroxyl groups is 1. The van der Waals surface area contributed by atoms with Crippen LogP contribution < -0.4 is 5.32 Å². The number of amides is 2. The number of nitrogens with zero attached hydrogens (tertiary/aromatic N) is 1. The van der Waals surface area contributed by atoms with Crippen molar-refractivity contribution in [3.05, 3.63) is 29.6 Å². The Morgan fingerprint density at radius 3 is 2.21 bits per heavy atom. The molecule has 34 heavy (non-hydrogen) atoms. The van der Waals surface area contributed by atoms with Crippen molar-refractivity contribution in [1.29, 1.82) is 0 Å². The number of para-hydroxylation sites is 1. The highest BCUT2D eigenvalue weighted by molar-refractivity contribution is 5.95. The summed E-state index contributed by atoms with van der Waals surface area (Å²) in [7, 11) is 1.23. The monoisotopic (exact) mass is 480 g/mol. The molecule has 0 saturated carbocycles. The molecule has 0 aromatic heterocycles. The lowest BCUT2D eigenvalue weighted by Gasteiger charge is -2.37. The van der Waals surface area contributed by atoms with Gasteiger partial charge in [0, 0.05) is 24.1 Å². The minimum atomic E-state index is -1.42. The molecule has 2 amide bonds. The summed E-state index contributed by atoms with van der Waals surface area (Å²) in [5.41, 5.74) is -1.47. The van der Waals surface area contributed by atoms with Crippen LogP contribution in [0.1, 0.15) is 66.1 Å². The minimum absolute atomic E-state index is 0.0996. The van der Waals surface area contributed by atoms with Crippen molar-refractivity contribution in [2.45, 2.75) is 66.1 Å². The third kappa shape index (κ3) is 6.91. The number of hydrogen-bond acceptors (Lipinski definition) is 6. The first-order valence-electron chi connectivity index (χ1n) is 11.5. The molecule has 190 valence electrons. The summed E-state index contributed by atoms with van der Waals surface area (Å²) in [5.74, 6) is -3.10. The lowest BCUT2D eigenvalue weighted by Crippen LogP contribution is -2.44. The summed E-state index contributed by atoms with van der Waals surface area (Å²) in [6, 6.07) is 4.08. The first kappa shape index (κ1) is 27.6. The second kappa shape index (κ2) is 10.7. The van der Waals surface area contributed by atoms with Crippen LogP contribution in [0.25, 0.3) is 0 Å². The highest BCUT2D eigenvalue weighted by atomic mass is 19.1. The topological polar surface area (TPSA) is 105 Å². The van der Waals surface area contributed by atoms with Crippen molar-refractivity contribution >= 4 is 23.7 Å². The maximum Gasteiger partial charge on any atom is 0.410 e. The van der Waals surface area contributed by atoms with Gasteiger partial charge in [-0.15, -0.1) is 0 Å². The Morgan fingerprint density at radius 1 is 1.12 bits per heavy atom. The SMILES string of the molecule is COC(=O)[C@@H](C1CCN(C(=O)OC(C)(C)C)CC1)[C@@H](O)c1cccc(F)c1NC(=O)C(C)(C)C. The predicted octanol–water partition coefficient (Wildman–Crippen LogP) is 4.28. The molecule has 1 aromatic carbocycles. The zero-order chi connectivity index (χ0) is 25.8. The van der Waals surface area contributed by atoms with Gasteiger partial charge in [-0.2, -0.15) is 0 Å². The van der Waals surface area contributed by atoms with Crippen molar-refractivity contribution < 1.29 is 33.4 Å². The van der Waals surface area contributed by atoms with Gasteiger partial charge in [-0.05, 0) is 45.6 Å². The molecule has 1 aromatic rings. The number of ether oxygens (including phenoxy) is 2. The molecule has 0 bridgehead atoms. The molecule has 2 atom stereocenters. The van der Waals surface area contributed by atoms with E-state index in [1.807, 2.05) is 0 Å². The third-order valence-corrected chi connectivity index (χ3v) is 5.80. The molecule has 1 aliphatic heterocycles. The van der Waals surface area contributed by atoms with E-state index in [0.717, 1.165) is 0 Å². The number of aliphatic hydroxyl groups excluding tert-OH is 1. The maximum absolute atomic E-state index is 14.7. The molecular formula is C25H37FN2O6. The average Bonchev–Trinajstić information content (AvgIpc) is 2.73. The van der Waals surface area contributed by atoms with Gasteiger partial charge in [0.05, 0.1) is 24.8 Å². The molecule has 9 heteroatoms. The van der Waals surface area contributed by atoms with Crippen molar-refractivity contribution in [1.82, 2.24) is 4.90 Å². The van der Waals surface area contributed by atoms with Crippen molar-refractivity contribution in [2.75, 3.05) is 25.5 Å². The van der Waals surface area contributed by atoms with E-state index >= 15 is 0 Å². The Hall–Kier alpha value is -2.68. The van der Waals surface area contributed by atoms with Crippen LogP contribution in [0.3, 0.4) is 0 Å². The van der Waals surface area contributed by atoms with E-state index in [2.05, 4.69) is 5.32 Å². The molecule has 1 saturated heterocycles. The van der Waals surface area contributed by atoms with E-state index in [1.165, 1.54) is 25.3 Å². The summed E-state index contributed by atoms with van der Waals surface area (Å²) in [6.07, 6.45) is -1.00. The molecule has 2 N–H and O–H groups in total. The Bertz CT molecular complexity index is 898. The van der Waals surface area contributed by atoms with E-state index in [-0.39, 0.29) is 17.2 Å². The number of carbonyl (C=O) groups is 3. The van der Waals surface area contributed by atoms with Crippen molar-refractivity contribution in [2.24, 2.45) is 17.3 Å². The Kier molecular flexibility index (Phi) is 8.69. The second-order valence-corrected chi connectivity index (χ2v) is 10.7. The number of rotatable bonds is 5. The normalized spacial score (nSPS) is 17.0. The number of likely N-dealkylation sites (tertiary alicyclic amines) is 1. The Morgan fingerprint density at radius 2 is 1.71 bits per heavy atom. The number of hydrogen-bond donors (Lipinski definition) is 2. The zero-order valence-electron chi connectivity index (χ0n) is 21.1. The van der Waals surface area contributed by atoms with Gasteiger partial charge in [-0.3, -0.25) is 9.59 Å². The molecule has 0 unspecified atom stereocenters. The smallest absolute Gasteiger partial charge is 0.410 e. The summed E-state index contributed by atoms with van der Waals surface area (Å²) >= 11 is 0. The lowest BCUT2D eigenvalue weighted by atomic mass is 9.78. The van der Waals surface area contributed by atoms with E-state index in [4.69, 9.17) is 9.47 Å². The van der Waals surface area contributed by atoms with Gasteiger partial charge in [0.25, 0.3) is 0 Å². The highest BCUT2D eigenvalue weighted by Gasteiger charge is 2.40. The third-order valence-electron chi connectivity index (χ3n) is 5.80. The minimum Gasteiger partial charge on any atom is -0.469 e. The summed E-state index contributed by atoms with van der Waals surface area (Å²) in [6.45, 7) is 11.1. The quantitative estimate of drug-likeness (QED) is 0.610. The maximum atomic E-state index is 14.7. The lowest BCUT2D eigenvalue weighted by molar-refractivity contribution is -0.153. The fraction of sp³-hybridized carbons (Fsp3) is 0.640. The van der Waals surface area contributed by atoms with Gasteiger partial charge < -0.3 is 24.8 Å². The van der Waals surface area contributed by atoms with Gasteiger partial charge >= 0.3 is 12.1 Å². The Labute approximate surface area is 200 Å². The van der Waals surface area contributed by atoms with Gasteiger partial charge in [0.1, 0.15) is 11.4 Å². The number of piperidine rings is 1. The Balaban J connectivity index is 2.28. The van der Waals surface area contributed by atoms with Crippen LogP contribution in [-0.4, -0.2) is 53.8 Å². The number of esters is 1. The van der Waals surface area contributed by atoms with Crippen LogP contribution in [0, 0.1) is 23.1 Å². The molecule has 0 radical (unpaired) electrons. The van der Waals surface area contributed by atoms with Crippen molar-refractivity contribution in [3.8, 4) is 0 Å². The average molecular weight is 481 g/mol. The van der Waals surface area contributed by atoms with E-state index in [9.17, 15) is 23.9 Å². The number of benzene rings is 1. The van der Waals surface area contributed by atoms with Gasteiger partial charge in [0.2, 0.25) is 5.91 Å². The number of halogens is 1. The number of anilines is 1. The van der Waals surface area contributed by atoms with E-state index in [1.54, 1.807) is 46.4 Å². The molecule has 0 spiro atoms. The fourth-order valence-electron chi connectivity index (χ4n) is 3.90. The molecule has 8 nitrogen and oxygen atoms in total. The van der Waals surface area contributed by atoms with E-state index < -0.39 is 46.8 Å². The van der Waals surface area contributed by atoms with Gasteiger partial charge in [0.15, 0.2) is 0 Å². The fourth-order valence-corrected chi connectivity index (χ4v) is 3.90.